The summed E-state index contributed by atoms with van der Waals surface area (Å²) in [5, 5.41) is 2.89. The second-order valence-corrected chi connectivity index (χ2v) is 5.18. The molecule has 0 fully saturated rings. The van der Waals surface area contributed by atoms with Crippen LogP contribution in [0.5, 0.6) is 0 Å². The van der Waals surface area contributed by atoms with Gasteiger partial charge in [0.05, 0.1) is 0 Å². The van der Waals surface area contributed by atoms with Crippen LogP contribution in [-0.2, 0) is 17.8 Å². The van der Waals surface area contributed by atoms with Gasteiger partial charge in [-0.3, -0.25) is 9.00 Å². The van der Waals surface area contributed by atoms with Gasteiger partial charge in [0.1, 0.15) is 0 Å². The average Bonchev–Trinajstić information content (AvgIpc) is 2.19. The lowest BCUT2D eigenvalue weighted by Gasteiger charge is -2.10. The van der Waals surface area contributed by atoms with Gasteiger partial charge in [0.2, 0.25) is 0 Å². The van der Waals surface area contributed by atoms with Crippen molar-refractivity contribution in [2.45, 2.75) is 12.2 Å². The number of hydrogen-bond donors (Lipinski definition) is 1. The van der Waals surface area contributed by atoms with E-state index in [-0.39, 0.29) is 10.8 Å². The molecular formula is C9H15N3O2S. The van der Waals surface area contributed by atoms with E-state index in [1.165, 1.54) is 4.57 Å². The Bertz CT molecular complexity index is 416. The first kappa shape index (κ1) is 11.9. The van der Waals surface area contributed by atoms with Crippen LogP contribution in [0, 0.1) is 0 Å². The van der Waals surface area contributed by atoms with Crippen molar-refractivity contribution in [2.75, 3.05) is 18.1 Å². The van der Waals surface area contributed by atoms with E-state index in [0.717, 1.165) is 0 Å². The molecule has 84 valence electrons. The summed E-state index contributed by atoms with van der Waals surface area (Å²) in [6, 6.07) is 0. The molecule has 0 saturated carbocycles. The summed E-state index contributed by atoms with van der Waals surface area (Å²) in [7, 11) is 0.768. The zero-order chi connectivity index (χ0) is 11.4. The quantitative estimate of drug-likeness (QED) is 0.787. The summed E-state index contributed by atoms with van der Waals surface area (Å²) in [5.74, 6) is 0.303. The van der Waals surface area contributed by atoms with Crippen LogP contribution < -0.4 is 10.9 Å². The Morgan fingerprint density at radius 2 is 2.33 bits per heavy atom. The molecule has 1 N–H and O–H groups in total. The third-order valence-electron chi connectivity index (χ3n) is 2.14. The Morgan fingerprint density at radius 3 is 2.93 bits per heavy atom. The molecular weight excluding hydrogens is 214 g/mol. The number of nitrogens with zero attached hydrogens (tertiary/aromatic N) is 2. The smallest absolute Gasteiger partial charge is 0.293 e. The molecule has 1 aromatic heterocycles. The lowest BCUT2D eigenvalue weighted by Crippen LogP contribution is -2.27. The highest BCUT2D eigenvalue weighted by atomic mass is 32.2. The summed E-state index contributed by atoms with van der Waals surface area (Å²) in [5.41, 5.74) is -0.174. The summed E-state index contributed by atoms with van der Waals surface area (Å²) in [4.78, 5) is 15.4. The molecule has 0 aromatic carbocycles. The van der Waals surface area contributed by atoms with Crippen LogP contribution in [0.1, 0.15) is 6.92 Å². The van der Waals surface area contributed by atoms with Gasteiger partial charge in [-0.25, -0.2) is 4.98 Å². The molecule has 1 heterocycles. The maximum atomic E-state index is 11.5. The molecule has 0 bridgehead atoms. The molecule has 0 saturated heterocycles. The van der Waals surface area contributed by atoms with Crippen LogP contribution in [0.4, 0.5) is 5.82 Å². The predicted octanol–water partition coefficient (Wildman–Crippen LogP) is -0.0408. The number of aryl methyl sites for hydroxylation is 1. The highest BCUT2D eigenvalue weighted by molar-refractivity contribution is 7.84. The third kappa shape index (κ3) is 3.16. The van der Waals surface area contributed by atoms with Gasteiger partial charge in [-0.15, -0.1) is 0 Å². The minimum absolute atomic E-state index is 0.00304. The summed E-state index contributed by atoms with van der Waals surface area (Å²) in [6.45, 7) is 2.34. The van der Waals surface area contributed by atoms with Gasteiger partial charge in [0.25, 0.3) is 5.56 Å². The summed E-state index contributed by atoms with van der Waals surface area (Å²) in [6.07, 6.45) is 4.79. The number of nitrogens with one attached hydrogen (secondary N) is 1. The van der Waals surface area contributed by atoms with Crippen LogP contribution >= 0.6 is 0 Å². The van der Waals surface area contributed by atoms with Crippen LogP contribution in [0.3, 0.4) is 0 Å². The van der Waals surface area contributed by atoms with Gasteiger partial charge in [0.15, 0.2) is 5.82 Å². The fourth-order valence-corrected chi connectivity index (χ4v) is 1.29. The average molecular weight is 229 g/mol. The minimum Gasteiger partial charge on any atom is -0.364 e. The van der Waals surface area contributed by atoms with Crippen LogP contribution in [0.15, 0.2) is 17.2 Å². The summed E-state index contributed by atoms with van der Waals surface area (Å²) < 4.78 is 12.5. The fraction of sp³-hybridized carbons (Fsp3) is 0.556. The molecule has 2 atom stereocenters. The van der Waals surface area contributed by atoms with E-state index < -0.39 is 10.8 Å². The van der Waals surface area contributed by atoms with E-state index in [9.17, 15) is 9.00 Å². The summed E-state index contributed by atoms with van der Waals surface area (Å²) >= 11 is 0. The van der Waals surface area contributed by atoms with Gasteiger partial charge in [-0.1, -0.05) is 0 Å². The number of hydrogen-bond acceptors (Lipinski definition) is 4. The SMILES string of the molecule is CC(CNc1nccn(C)c1=O)S(C)=O. The molecule has 0 radical (unpaired) electrons. The first-order chi connectivity index (χ1) is 7.02. The van der Waals surface area contributed by atoms with Gasteiger partial charge in [-0.2, -0.15) is 0 Å². The first-order valence-corrected chi connectivity index (χ1v) is 6.22. The second kappa shape index (κ2) is 5.06. The van der Waals surface area contributed by atoms with E-state index in [1.54, 1.807) is 25.7 Å². The first-order valence-electron chi connectivity index (χ1n) is 4.60. The molecule has 5 nitrogen and oxygen atoms in total. The molecule has 0 aliphatic heterocycles. The lowest BCUT2D eigenvalue weighted by atomic mass is 10.4. The second-order valence-electron chi connectivity index (χ2n) is 3.38. The number of aromatic nitrogens is 2. The zero-order valence-electron chi connectivity index (χ0n) is 9.06. The predicted molar refractivity (Wildman–Crippen MR) is 61.5 cm³/mol. The van der Waals surface area contributed by atoms with E-state index in [0.29, 0.717) is 12.4 Å². The van der Waals surface area contributed by atoms with Crippen LogP contribution in [0.25, 0.3) is 0 Å². The van der Waals surface area contributed by atoms with Crippen molar-refractivity contribution in [2.24, 2.45) is 7.05 Å². The largest absolute Gasteiger partial charge is 0.364 e. The number of rotatable bonds is 4. The highest BCUT2D eigenvalue weighted by Gasteiger charge is 2.07. The molecule has 6 heteroatoms. The molecule has 0 aliphatic carbocycles. The molecule has 1 aromatic rings. The maximum Gasteiger partial charge on any atom is 0.293 e. The van der Waals surface area contributed by atoms with Crippen molar-refractivity contribution < 1.29 is 4.21 Å². The topological polar surface area (TPSA) is 64.0 Å². The van der Waals surface area contributed by atoms with Gasteiger partial charge >= 0.3 is 0 Å². The maximum absolute atomic E-state index is 11.5. The lowest BCUT2D eigenvalue weighted by molar-refractivity contribution is 0.678. The van der Waals surface area contributed by atoms with Crippen LogP contribution in [0.2, 0.25) is 0 Å². The van der Waals surface area contributed by atoms with E-state index >= 15 is 0 Å². The fourth-order valence-electron chi connectivity index (χ4n) is 0.977. The monoisotopic (exact) mass is 229 g/mol. The Kier molecular flexibility index (Phi) is 4.02. The minimum atomic E-state index is -0.895. The Balaban J connectivity index is 2.70. The van der Waals surface area contributed by atoms with E-state index in [1.807, 2.05) is 6.92 Å². The van der Waals surface area contributed by atoms with Crippen molar-refractivity contribution in [1.82, 2.24) is 9.55 Å². The highest BCUT2D eigenvalue weighted by Crippen LogP contribution is 1.96. The van der Waals surface area contributed by atoms with Crippen LogP contribution in [-0.4, -0.2) is 31.8 Å². The number of anilines is 1. The van der Waals surface area contributed by atoms with Crippen molar-refractivity contribution >= 4 is 16.6 Å². The Labute approximate surface area is 91.0 Å². The zero-order valence-corrected chi connectivity index (χ0v) is 9.87. The van der Waals surface area contributed by atoms with Gasteiger partial charge in [-0.05, 0) is 6.92 Å². The normalized spacial score (nSPS) is 14.6. The molecule has 0 amide bonds. The standard InChI is InChI=1S/C9H15N3O2S/c1-7(15(3)14)6-11-8-9(13)12(2)5-4-10-8/h4-5,7H,6H2,1-3H3,(H,10,11). The molecule has 2 unspecified atom stereocenters. The Morgan fingerprint density at radius 1 is 1.67 bits per heavy atom. The van der Waals surface area contributed by atoms with Crippen molar-refractivity contribution in [1.29, 1.82) is 0 Å². The molecule has 0 spiro atoms. The molecule has 1 rings (SSSR count). The van der Waals surface area contributed by atoms with Gasteiger partial charge in [0, 0.05) is 48.3 Å². The third-order valence-corrected chi connectivity index (χ3v) is 3.44. The van der Waals surface area contributed by atoms with Crippen molar-refractivity contribution in [3.8, 4) is 0 Å². The van der Waals surface area contributed by atoms with Crippen molar-refractivity contribution in [3.63, 3.8) is 0 Å². The van der Waals surface area contributed by atoms with E-state index in [4.69, 9.17) is 0 Å². The van der Waals surface area contributed by atoms with Gasteiger partial charge < -0.3 is 9.88 Å². The molecule has 0 aliphatic rings. The van der Waals surface area contributed by atoms with Crippen molar-refractivity contribution in [3.05, 3.63) is 22.7 Å². The van der Waals surface area contributed by atoms with E-state index in [2.05, 4.69) is 10.3 Å². The molecule has 15 heavy (non-hydrogen) atoms. The Hall–Kier alpha value is -1.17.